The highest BCUT2D eigenvalue weighted by Crippen LogP contribution is 1.93. The van der Waals surface area contributed by atoms with Gasteiger partial charge in [0.1, 0.15) is 6.54 Å². The molecule has 1 aromatic heterocycles. The Kier molecular flexibility index (Phi) is 3.25. The monoisotopic (exact) mass is 168 g/mol. The van der Waals surface area contributed by atoms with Crippen molar-refractivity contribution in [1.29, 1.82) is 0 Å². The normalized spacial score (nSPS) is 11.9. The second kappa shape index (κ2) is 4.48. The highest BCUT2D eigenvalue weighted by atomic mass is 16.5. The lowest BCUT2D eigenvalue weighted by atomic mass is 10.3. The second-order valence-electron chi connectivity index (χ2n) is 2.40. The van der Waals surface area contributed by atoms with Gasteiger partial charge in [-0.05, 0) is 6.42 Å². The Bertz CT molecular complexity index is 242. The zero-order chi connectivity index (χ0) is 8.81. The van der Waals surface area contributed by atoms with Crippen LogP contribution >= 0.6 is 0 Å². The van der Waals surface area contributed by atoms with E-state index in [1.165, 1.54) is 6.39 Å². The molecule has 0 spiro atoms. The van der Waals surface area contributed by atoms with E-state index in [4.69, 9.17) is 5.73 Å². The number of hydrogen-bond acceptors (Lipinski definition) is 4. The van der Waals surface area contributed by atoms with Crippen molar-refractivity contribution >= 4 is 5.84 Å². The van der Waals surface area contributed by atoms with Crippen LogP contribution in [0.4, 0.5) is 0 Å². The molecular formula is C7H12N4O. The summed E-state index contributed by atoms with van der Waals surface area (Å²) in [4.78, 5) is 7.87. The summed E-state index contributed by atoms with van der Waals surface area (Å²) in [6, 6.07) is 0. The van der Waals surface area contributed by atoms with Crippen LogP contribution in [0.25, 0.3) is 0 Å². The van der Waals surface area contributed by atoms with Gasteiger partial charge in [0.15, 0.2) is 5.82 Å². The van der Waals surface area contributed by atoms with Gasteiger partial charge in [-0.25, -0.2) is 0 Å². The van der Waals surface area contributed by atoms with Gasteiger partial charge in [-0.15, -0.1) is 0 Å². The van der Waals surface area contributed by atoms with Crippen molar-refractivity contribution < 1.29 is 4.52 Å². The minimum Gasteiger partial charge on any atom is -0.387 e. The zero-order valence-electron chi connectivity index (χ0n) is 7.03. The topological polar surface area (TPSA) is 77.3 Å². The minimum atomic E-state index is 0.405. The van der Waals surface area contributed by atoms with Crippen molar-refractivity contribution in [3.63, 3.8) is 0 Å². The predicted molar refractivity (Wildman–Crippen MR) is 44.5 cm³/mol. The Morgan fingerprint density at radius 3 is 3.17 bits per heavy atom. The van der Waals surface area contributed by atoms with Crippen LogP contribution < -0.4 is 5.73 Å². The number of hydrogen-bond donors (Lipinski definition) is 1. The van der Waals surface area contributed by atoms with Crippen LogP contribution in [0.1, 0.15) is 25.6 Å². The molecule has 0 unspecified atom stereocenters. The fourth-order valence-electron chi connectivity index (χ4n) is 0.770. The minimum absolute atomic E-state index is 0.405. The first-order chi connectivity index (χ1) is 5.83. The lowest BCUT2D eigenvalue weighted by molar-refractivity contribution is 0.410. The molecule has 5 heteroatoms. The van der Waals surface area contributed by atoms with Gasteiger partial charge in [-0.3, -0.25) is 4.99 Å². The molecule has 0 aromatic carbocycles. The number of nitrogens with two attached hydrogens (primary N) is 1. The third-order valence-electron chi connectivity index (χ3n) is 1.34. The van der Waals surface area contributed by atoms with Crippen molar-refractivity contribution in [1.82, 2.24) is 10.1 Å². The van der Waals surface area contributed by atoms with Gasteiger partial charge in [0.25, 0.3) is 0 Å². The van der Waals surface area contributed by atoms with Gasteiger partial charge < -0.3 is 10.3 Å². The van der Waals surface area contributed by atoms with Crippen molar-refractivity contribution in [2.45, 2.75) is 26.3 Å². The van der Waals surface area contributed by atoms with Gasteiger partial charge in [0.2, 0.25) is 6.39 Å². The van der Waals surface area contributed by atoms with E-state index in [1.807, 2.05) is 0 Å². The molecule has 0 bridgehead atoms. The molecule has 1 heterocycles. The van der Waals surface area contributed by atoms with Crippen molar-refractivity contribution in [3.05, 3.63) is 12.2 Å². The van der Waals surface area contributed by atoms with Crippen LogP contribution in [-0.4, -0.2) is 16.0 Å². The molecule has 1 rings (SSSR count). The van der Waals surface area contributed by atoms with Gasteiger partial charge in [-0.1, -0.05) is 12.1 Å². The van der Waals surface area contributed by atoms with Gasteiger partial charge >= 0.3 is 0 Å². The molecule has 2 N–H and O–H groups in total. The predicted octanol–water partition coefficient (Wildman–Crippen LogP) is 0.727. The fraction of sp³-hybridized carbons (Fsp3) is 0.571. The summed E-state index contributed by atoms with van der Waals surface area (Å²) in [5.41, 5.74) is 5.56. The van der Waals surface area contributed by atoms with Crippen molar-refractivity contribution in [3.8, 4) is 0 Å². The number of aliphatic imine (C=N–C) groups is 1. The standard InChI is InChI=1S/C7H12N4O/c1-2-3-6(8)9-4-7-10-5-12-11-7/h5H,2-4H2,1H3,(H2,8,9). The molecule has 0 saturated carbocycles. The van der Waals surface area contributed by atoms with Crippen LogP contribution in [0.15, 0.2) is 15.9 Å². The van der Waals surface area contributed by atoms with E-state index in [9.17, 15) is 0 Å². The third-order valence-corrected chi connectivity index (χ3v) is 1.34. The first kappa shape index (κ1) is 8.70. The fourth-order valence-corrected chi connectivity index (χ4v) is 0.770. The largest absolute Gasteiger partial charge is 0.387 e. The summed E-state index contributed by atoms with van der Waals surface area (Å²) in [5, 5.41) is 3.60. The number of aromatic nitrogens is 2. The van der Waals surface area contributed by atoms with E-state index in [0.29, 0.717) is 18.2 Å². The van der Waals surface area contributed by atoms with E-state index in [1.54, 1.807) is 0 Å². The Morgan fingerprint density at radius 1 is 1.75 bits per heavy atom. The average molecular weight is 168 g/mol. The van der Waals surface area contributed by atoms with E-state index in [2.05, 4.69) is 26.6 Å². The van der Waals surface area contributed by atoms with E-state index >= 15 is 0 Å². The highest BCUT2D eigenvalue weighted by Gasteiger charge is 1.96. The molecule has 0 aliphatic rings. The average Bonchev–Trinajstić information content (AvgIpc) is 2.53. The van der Waals surface area contributed by atoms with Gasteiger partial charge in [0, 0.05) is 6.42 Å². The molecule has 5 nitrogen and oxygen atoms in total. The molecule has 0 aliphatic heterocycles. The molecular weight excluding hydrogens is 156 g/mol. The molecule has 66 valence electrons. The van der Waals surface area contributed by atoms with Crippen molar-refractivity contribution in [2.24, 2.45) is 10.7 Å². The summed E-state index contributed by atoms with van der Waals surface area (Å²) in [6.07, 6.45) is 3.10. The van der Waals surface area contributed by atoms with Gasteiger partial charge in [-0.2, -0.15) is 4.98 Å². The van der Waals surface area contributed by atoms with Crippen molar-refractivity contribution in [2.75, 3.05) is 0 Å². The van der Waals surface area contributed by atoms with E-state index in [-0.39, 0.29) is 0 Å². The quantitative estimate of drug-likeness (QED) is 0.531. The summed E-state index contributed by atoms with van der Waals surface area (Å²) in [6.45, 7) is 2.46. The molecule has 0 fully saturated rings. The lowest BCUT2D eigenvalue weighted by Crippen LogP contribution is -2.11. The van der Waals surface area contributed by atoms with E-state index in [0.717, 1.165) is 12.8 Å². The molecule has 1 aromatic rings. The van der Waals surface area contributed by atoms with Crippen LogP contribution in [0, 0.1) is 0 Å². The molecule has 0 radical (unpaired) electrons. The Labute approximate surface area is 70.7 Å². The Hall–Kier alpha value is -1.39. The number of nitrogens with zero attached hydrogens (tertiary/aromatic N) is 3. The maximum atomic E-state index is 5.56. The first-order valence-electron chi connectivity index (χ1n) is 3.87. The van der Waals surface area contributed by atoms with Crippen LogP contribution in [0.5, 0.6) is 0 Å². The number of amidine groups is 1. The summed E-state index contributed by atoms with van der Waals surface area (Å²) in [5.74, 6) is 1.20. The SMILES string of the molecule is CCCC(N)=NCc1ncon1. The molecule has 0 amide bonds. The summed E-state index contributed by atoms with van der Waals surface area (Å²) < 4.78 is 4.54. The molecule has 12 heavy (non-hydrogen) atoms. The summed E-state index contributed by atoms with van der Waals surface area (Å²) in [7, 11) is 0. The first-order valence-corrected chi connectivity index (χ1v) is 3.87. The van der Waals surface area contributed by atoms with Crippen LogP contribution in [0.2, 0.25) is 0 Å². The third kappa shape index (κ3) is 2.69. The van der Waals surface area contributed by atoms with Gasteiger partial charge in [0.05, 0.1) is 5.84 Å². The molecule has 0 saturated heterocycles. The lowest BCUT2D eigenvalue weighted by Gasteiger charge is -1.94. The molecule has 0 aliphatic carbocycles. The Balaban J connectivity index is 2.38. The van der Waals surface area contributed by atoms with Crippen LogP contribution in [-0.2, 0) is 6.54 Å². The second-order valence-corrected chi connectivity index (χ2v) is 2.40. The molecule has 0 atom stereocenters. The maximum absolute atomic E-state index is 5.56. The smallest absolute Gasteiger partial charge is 0.213 e. The van der Waals surface area contributed by atoms with Crippen LogP contribution in [0.3, 0.4) is 0 Å². The number of rotatable bonds is 4. The summed E-state index contributed by atoms with van der Waals surface area (Å²) >= 11 is 0. The Morgan fingerprint density at radius 2 is 2.58 bits per heavy atom. The van der Waals surface area contributed by atoms with E-state index < -0.39 is 0 Å². The zero-order valence-corrected chi connectivity index (χ0v) is 7.03. The highest BCUT2D eigenvalue weighted by molar-refractivity contribution is 5.80. The maximum Gasteiger partial charge on any atom is 0.213 e.